The van der Waals surface area contributed by atoms with Crippen molar-refractivity contribution in [3.05, 3.63) is 83.2 Å². The molecule has 0 atom stereocenters. The Morgan fingerprint density at radius 2 is 1.72 bits per heavy atom. The van der Waals surface area contributed by atoms with Gasteiger partial charge in [0.1, 0.15) is 5.75 Å². The fraction of sp³-hybridized carbons (Fsp3) is 0.136. The number of amides is 2. The molecule has 1 heterocycles. The van der Waals surface area contributed by atoms with Crippen molar-refractivity contribution in [3.63, 3.8) is 0 Å². The number of rotatable bonds is 5. The van der Waals surface area contributed by atoms with E-state index >= 15 is 0 Å². The van der Waals surface area contributed by atoms with E-state index in [2.05, 4.69) is 10.9 Å². The van der Waals surface area contributed by atoms with Gasteiger partial charge in [0.15, 0.2) is 6.61 Å². The Kier molecular flexibility index (Phi) is 5.95. The van der Waals surface area contributed by atoms with Crippen LogP contribution in [0.2, 0.25) is 0 Å². The summed E-state index contributed by atoms with van der Waals surface area (Å²) < 4.78 is 7.31. The molecule has 0 saturated heterocycles. The summed E-state index contributed by atoms with van der Waals surface area (Å²) >= 11 is 0. The van der Waals surface area contributed by atoms with Crippen LogP contribution in [0.4, 0.5) is 0 Å². The van der Waals surface area contributed by atoms with Gasteiger partial charge in [0.25, 0.3) is 11.8 Å². The Morgan fingerprint density at radius 3 is 2.38 bits per heavy atom. The lowest BCUT2D eigenvalue weighted by Gasteiger charge is -2.11. The van der Waals surface area contributed by atoms with Crippen LogP contribution in [0.5, 0.6) is 5.75 Å². The number of nitriles is 1. The molecule has 146 valence electrons. The molecule has 3 rings (SSSR count). The summed E-state index contributed by atoms with van der Waals surface area (Å²) in [5.74, 6) is -0.455. The average Bonchev–Trinajstić information content (AvgIpc) is 3.05. The number of hydrogen-bond acceptors (Lipinski definition) is 4. The maximum Gasteiger partial charge on any atom is 0.276 e. The van der Waals surface area contributed by atoms with E-state index in [1.54, 1.807) is 30.3 Å². The van der Waals surface area contributed by atoms with E-state index in [0.29, 0.717) is 16.9 Å². The molecule has 0 unspecified atom stereocenters. The predicted octanol–water partition coefficient (Wildman–Crippen LogP) is 2.81. The summed E-state index contributed by atoms with van der Waals surface area (Å²) in [5.41, 5.74) is 8.37. The molecular formula is C22H20N4O3. The van der Waals surface area contributed by atoms with Gasteiger partial charge < -0.3 is 9.30 Å². The number of nitrogens with one attached hydrogen (secondary N) is 2. The van der Waals surface area contributed by atoms with E-state index in [9.17, 15) is 9.59 Å². The zero-order chi connectivity index (χ0) is 20.8. The molecule has 2 amide bonds. The Morgan fingerprint density at radius 1 is 1.03 bits per heavy atom. The Balaban J connectivity index is 1.58. The number of carbonyl (C=O) groups is 2. The van der Waals surface area contributed by atoms with E-state index in [1.165, 1.54) is 0 Å². The molecule has 3 aromatic rings. The van der Waals surface area contributed by atoms with E-state index in [4.69, 9.17) is 10.00 Å². The minimum Gasteiger partial charge on any atom is -0.484 e. The lowest BCUT2D eigenvalue weighted by molar-refractivity contribution is -0.123. The maximum atomic E-state index is 12.5. The topological polar surface area (TPSA) is 96.2 Å². The average molecular weight is 388 g/mol. The number of benzene rings is 2. The summed E-state index contributed by atoms with van der Waals surface area (Å²) in [6.07, 6.45) is 0. The smallest absolute Gasteiger partial charge is 0.276 e. The van der Waals surface area contributed by atoms with E-state index in [1.807, 2.05) is 54.8 Å². The Bertz CT molecular complexity index is 1060. The molecule has 29 heavy (non-hydrogen) atoms. The number of carbonyl (C=O) groups excluding carboxylic acids is 2. The van der Waals surface area contributed by atoms with Gasteiger partial charge in [-0.2, -0.15) is 5.26 Å². The molecular weight excluding hydrogens is 368 g/mol. The fourth-order valence-electron chi connectivity index (χ4n) is 2.97. The van der Waals surface area contributed by atoms with E-state index in [-0.39, 0.29) is 6.61 Å². The van der Waals surface area contributed by atoms with Crippen molar-refractivity contribution in [1.82, 2.24) is 15.4 Å². The van der Waals surface area contributed by atoms with Crippen molar-refractivity contribution in [3.8, 4) is 17.5 Å². The third-order valence-electron chi connectivity index (χ3n) is 4.36. The highest BCUT2D eigenvalue weighted by molar-refractivity contribution is 5.97. The zero-order valence-electron chi connectivity index (χ0n) is 16.1. The van der Waals surface area contributed by atoms with Gasteiger partial charge in [0.05, 0.1) is 17.2 Å². The fourth-order valence-corrected chi connectivity index (χ4v) is 2.97. The van der Waals surface area contributed by atoms with Gasteiger partial charge >= 0.3 is 0 Å². The van der Waals surface area contributed by atoms with E-state index in [0.717, 1.165) is 17.1 Å². The highest BCUT2D eigenvalue weighted by Crippen LogP contribution is 2.20. The summed E-state index contributed by atoms with van der Waals surface area (Å²) in [7, 11) is 0. The normalized spacial score (nSPS) is 10.1. The van der Waals surface area contributed by atoms with Crippen LogP contribution < -0.4 is 15.6 Å². The number of nitrogens with zero attached hydrogens (tertiary/aromatic N) is 2. The first-order valence-electron chi connectivity index (χ1n) is 8.96. The number of hydrazine groups is 1. The molecule has 0 saturated carbocycles. The summed E-state index contributed by atoms with van der Waals surface area (Å²) in [6.45, 7) is 3.50. The molecule has 0 fully saturated rings. The van der Waals surface area contributed by atoms with Crippen LogP contribution in [-0.2, 0) is 4.79 Å². The Hall–Kier alpha value is -4.05. The molecule has 2 N–H and O–H groups in total. The zero-order valence-corrected chi connectivity index (χ0v) is 16.1. The molecule has 0 spiro atoms. The van der Waals surface area contributed by atoms with Gasteiger partial charge in [-0.1, -0.05) is 18.2 Å². The van der Waals surface area contributed by atoms with Gasteiger partial charge in [-0.3, -0.25) is 20.4 Å². The quantitative estimate of drug-likeness (QED) is 0.657. The van der Waals surface area contributed by atoms with Gasteiger partial charge in [-0.25, -0.2) is 0 Å². The summed E-state index contributed by atoms with van der Waals surface area (Å²) in [4.78, 5) is 24.4. The predicted molar refractivity (Wildman–Crippen MR) is 108 cm³/mol. The number of aryl methyl sites for hydroxylation is 1. The van der Waals surface area contributed by atoms with Gasteiger partial charge in [0.2, 0.25) is 0 Å². The molecule has 0 bridgehead atoms. The van der Waals surface area contributed by atoms with Gasteiger partial charge in [-0.05, 0) is 56.3 Å². The third-order valence-corrected chi connectivity index (χ3v) is 4.36. The first-order valence-corrected chi connectivity index (χ1v) is 8.96. The first-order chi connectivity index (χ1) is 14.0. The molecule has 7 nitrogen and oxygen atoms in total. The largest absolute Gasteiger partial charge is 0.484 e. The van der Waals surface area contributed by atoms with Crippen LogP contribution in [0, 0.1) is 25.2 Å². The van der Waals surface area contributed by atoms with Crippen LogP contribution in [0.15, 0.2) is 60.7 Å². The Labute approximate surface area is 168 Å². The number of ether oxygens (including phenoxy) is 1. The van der Waals surface area contributed by atoms with E-state index < -0.39 is 11.8 Å². The summed E-state index contributed by atoms with van der Waals surface area (Å²) in [5, 5.41) is 8.77. The highest BCUT2D eigenvalue weighted by Gasteiger charge is 2.17. The van der Waals surface area contributed by atoms with Gasteiger partial charge in [-0.15, -0.1) is 0 Å². The van der Waals surface area contributed by atoms with Crippen LogP contribution in [0.1, 0.15) is 27.3 Å². The number of hydrogen-bond donors (Lipinski definition) is 2. The lowest BCUT2D eigenvalue weighted by Crippen LogP contribution is -2.44. The maximum absolute atomic E-state index is 12.5. The minimum absolute atomic E-state index is 0.269. The second-order valence-electron chi connectivity index (χ2n) is 6.38. The molecule has 2 aromatic carbocycles. The molecule has 1 aromatic heterocycles. The SMILES string of the molecule is Cc1cc(C(=O)NNC(=O)COc2ccc(C#N)cc2)c(C)n1-c1ccccc1. The number of aromatic nitrogens is 1. The standard InChI is InChI=1S/C22H20N4O3/c1-15-12-20(16(2)26(15)18-6-4-3-5-7-18)22(28)25-24-21(27)14-29-19-10-8-17(13-23)9-11-19/h3-12H,14H2,1-2H3,(H,24,27)(H,25,28). The van der Waals surface area contributed by atoms with Crippen molar-refractivity contribution < 1.29 is 14.3 Å². The second-order valence-corrected chi connectivity index (χ2v) is 6.38. The molecule has 0 radical (unpaired) electrons. The molecule has 0 aliphatic carbocycles. The molecule has 0 aliphatic rings. The first kappa shape index (κ1) is 19.7. The van der Waals surface area contributed by atoms with Crippen molar-refractivity contribution in [2.75, 3.05) is 6.61 Å². The van der Waals surface area contributed by atoms with Crippen molar-refractivity contribution >= 4 is 11.8 Å². The van der Waals surface area contributed by atoms with Crippen molar-refractivity contribution in [2.24, 2.45) is 0 Å². The van der Waals surface area contributed by atoms with Gasteiger partial charge in [0, 0.05) is 17.1 Å². The number of para-hydroxylation sites is 1. The summed E-state index contributed by atoms with van der Waals surface area (Å²) in [6, 6.07) is 19.9. The minimum atomic E-state index is -0.500. The van der Waals surface area contributed by atoms with Crippen molar-refractivity contribution in [1.29, 1.82) is 5.26 Å². The third kappa shape index (κ3) is 4.62. The van der Waals surface area contributed by atoms with Crippen LogP contribution in [0.3, 0.4) is 0 Å². The van der Waals surface area contributed by atoms with Crippen LogP contribution >= 0.6 is 0 Å². The van der Waals surface area contributed by atoms with Crippen LogP contribution in [-0.4, -0.2) is 23.0 Å². The highest BCUT2D eigenvalue weighted by atomic mass is 16.5. The van der Waals surface area contributed by atoms with Crippen molar-refractivity contribution in [2.45, 2.75) is 13.8 Å². The molecule has 7 heteroatoms. The molecule has 0 aliphatic heterocycles. The van der Waals surface area contributed by atoms with Crippen LogP contribution in [0.25, 0.3) is 5.69 Å². The monoisotopic (exact) mass is 388 g/mol. The lowest BCUT2D eigenvalue weighted by atomic mass is 10.2. The second kappa shape index (κ2) is 8.76.